The van der Waals surface area contributed by atoms with Crippen LogP contribution in [0.2, 0.25) is 5.02 Å². The molecule has 1 nitrogen and oxygen atoms in total. The van der Waals surface area contributed by atoms with E-state index < -0.39 is 0 Å². The minimum atomic E-state index is 0.394. The highest BCUT2D eigenvalue weighted by Crippen LogP contribution is 2.21. The van der Waals surface area contributed by atoms with Crippen molar-refractivity contribution in [3.8, 4) is 0 Å². The number of hydrogen-bond donors (Lipinski definition) is 1. The average Bonchev–Trinajstić information content (AvgIpc) is 2.24. The van der Waals surface area contributed by atoms with Crippen LogP contribution in [-0.4, -0.2) is 6.54 Å². The fourth-order valence-corrected chi connectivity index (χ4v) is 1.94. The van der Waals surface area contributed by atoms with Gasteiger partial charge in [0.25, 0.3) is 0 Å². The maximum Gasteiger partial charge on any atom is 0.0406 e. The van der Waals surface area contributed by atoms with Crippen LogP contribution in [0.3, 0.4) is 0 Å². The van der Waals surface area contributed by atoms with Crippen LogP contribution in [0.4, 0.5) is 0 Å². The zero-order valence-electron chi connectivity index (χ0n) is 11.4. The zero-order chi connectivity index (χ0) is 12.9. The summed E-state index contributed by atoms with van der Waals surface area (Å²) in [4.78, 5) is 0. The van der Waals surface area contributed by atoms with Crippen molar-refractivity contribution in [1.29, 1.82) is 0 Å². The molecule has 0 aromatic heterocycles. The summed E-state index contributed by atoms with van der Waals surface area (Å²) >= 11 is 5.90. The molecule has 0 bridgehead atoms. The van der Waals surface area contributed by atoms with Crippen LogP contribution in [0.5, 0.6) is 0 Å². The van der Waals surface area contributed by atoms with Gasteiger partial charge in [-0.2, -0.15) is 0 Å². The lowest BCUT2D eigenvalue weighted by molar-refractivity contribution is 0.352. The second-order valence-electron chi connectivity index (χ2n) is 5.78. The highest BCUT2D eigenvalue weighted by Gasteiger charge is 2.12. The van der Waals surface area contributed by atoms with E-state index in [1.165, 1.54) is 12.0 Å². The molecule has 0 radical (unpaired) electrons. The SMILES string of the molecule is CCC(NCCC(C)(C)C)c1ccc(Cl)cc1. The van der Waals surface area contributed by atoms with Gasteiger partial charge >= 0.3 is 0 Å². The maximum absolute atomic E-state index is 5.90. The first-order valence-corrected chi connectivity index (χ1v) is 6.79. The molecule has 1 rings (SSSR count). The van der Waals surface area contributed by atoms with Gasteiger partial charge in [-0.15, -0.1) is 0 Å². The fourth-order valence-electron chi connectivity index (χ4n) is 1.81. The van der Waals surface area contributed by atoms with Gasteiger partial charge in [-0.1, -0.05) is 51.4 Å². The van der Waals surface area contributed by atoms with E-state index in [9.17, 15) is 0 Å². The van der Waals surface area contributed by atoms with Gasteiger partial charge in [0.15, 0.2) is 0 Å². The molecule has 0 fully saturated rings. The molecule has 1 unspecified atom stereocenters. The summed E-state index contributed by atoms with van der Waals surface area (Å²) in [6.45, 7) is 10.1. The molecule has 1 N–H and O–H groups in total. The lowest BCUT2D eigenvalue weighted by Gasteiger charge is -2.22. The molecule has 0 saturated carbocycles. The summed E-state index contributed by atoms with van der Waals surface area (Å²) in [5.41, 5.74) is 1.72. The van der Waals surface area contributed by atoms with Crippen molar-refractivity contribution < 1.29 is 0 Å². The van der Waals surface area contributed by atoms with Crippen molar-refractivity contribution in [2.45, 2.75) is 46.6 Å². The molecular formula is C15H24ClN. The smallest absolute Gasteiger partial charge is 0.0406 e. The molecule has 0 saturated heterocycles. The monoisotopic (exact) mass is 253 g/mol. The molecule has 0 spiro atoms. The zero-order valence-corrected chi connectivity index (χ0v) is 12.1. The van der Waals surface area contributed by atoms with Gasteiger partial charge in [-0.3, -0.25) is 0 Å². The summed E-state index contributed by atoms with van der Waals surface area (Å²) in [6.07, 6.45) is 2.29. The summed E-state index contributed by atoms with van der Waals surface area (Å²) in [6, 6.07) is 8.59. The Bertz CT molecular complexity index is 324. The van der Waals surface area contributed by atoms with E-state index in [-0.39, 0.29) is 0 Å². The Morgan fingerprint density at radius 2 is 1.76 bits per heavy atom. The Morgan fingerprint density at radius 3 is 2.24 bits per heavy atom. The number of nitrogens with one attached hydrogen (secondary N) is 1. The van der Waals surface area contributed by atoms with Gasteiger partial charge in [0, 0.05) is 11.1 Å². The molecule has 96 valence electrons. The Labute approximate surface area is 111 Å². The molecule has 0 amide bonds. The standard InChI is InChI=1S/C15H24ClN/c1-5-14(17-11-10-15(2,3)4)12-6-8-13(16)9-7-12/h6-9,14,17H,5,10-11H2,1-4H3. The molecule has 1 atom stereocenters. The van der Waals surface area contributed by atoms with Gasteiger partial charge in [-0.25, -0.2) is 0 Å². The van der Waals surface area contributed by atoms with Crippen LogP contribution < -0.4 is 5.32 Å². The van der Waals surface area contributed by atoms with Gasteiger partial charge in [0.1, 0.15) is 0 Å². The van der Waals surface area contributed by atoms with Crippen LogP contribution in [0.1, 0.15) is 52.1 Å². The number of rotatable bonds is 5. The lowest BCUT2D eigenvalue weighted by Crippen LogP contribution is -2.25. The summed E-state index contributed by atoms with van der Waals surface area (Å²) in [5.74, 6) is 0. The van der Waals surface area contributed by atoms with E-state index in [1.54, 1.807) is 0 Å². The molecule has 0 aliphatic heterocycles. The van der Waals surface area contributed by atoms with Crippen molar-refractivity contribution in [2.24, 2.45) is 5.41 Å². The normalized spacial score (nSPS) is 13.7. The Kier molecular flexibility index (Phi) is 5.48. The van der Waals surface area contributed by atoms with Gasteiger partial charge in [0.2, 0.25) is 0 Å². The minimum Gasteiger partial charge on any atom is -0.310 e. The van der Waals surface area contributed by atoms with Crippen molar-refractivity contribution >= 4 is 11.6 Å². The van der Waals surface area contributed by atoms with E-state index >= 15 is 0 Å². The van der Waals surface area contributed by atoms with E-state index in [4.69, 9.17) is 11.6 Å². The van der Waals surface area contributed by atoms with Crippen LogP contribution >= 0.6 is 11.6 Å². The molecule has 0 aliphatic carbocycles. The Balaban J connectivity index is 2.51. The van der Waals surface area contributed by atoms with Crippen LogP contribution in [-0.2, 0) is 0 Å². The number of benzene rings is 1. The first kappa shape index (κ1) is 14.5. The number of halogens is 1. The topological polar surface area (TPSA) is 12.0 Å². The highest BCUT2D eigenvalue weighted by molar-refractivity contribution is 6.30. The van der Waals surface area contributed by atoms with Crippen molar-refractivity contribution in [3.05, 3.63) is 34.9 Å². The van der Waals surface area contributed by atoms with Crippen molar-refractivity contribution in [1.82, 2.24) is 5.32 Å². The molecule has 1 aromatic carbocycles. The predicted molar refractivity (Wildman–Crippen MR) is 76.6 cm³/mol. The van der Waals surface area contributed by atoms with Gasteiger partial charge in [-0.05, 0) is 42.5 Å². The third-order valence-corrected chi connectivity index (χ3v) is 3.20. The fraction of sp³-hybridized carbons (Fsp3) is 0.600. The first-order chi connectivity index (χ1) is 7.92. The van der Waals surface area contributed by atoms with Crippen LogP contribution in [0.25, 0.3) is 0 Å². The van der Waals surface area contributed by atoms with Crippen LogP contribution in [0.15, 0.2) is 24.3 Å². The van der Waals surface area contributed by atoms with E-state index in [1.807, 2.05) is 12.1 Å². The average molecular weight is 254 g/mol. The molecule has 0 aliphatic rings. The van der Waals surface area contributed by atoms with Crippen molar-refractivity contribution in [3.63, 3.8) is 0 Å². The molecular weight excluding hydrogens is 230 g/mol. The molecule has 0 heterocycles. The van der Waals surface area contributed by atoms with Crippen molar-refractivity contribution in [2.75, 3.05) is 6.54 Å². The summed E-state index contributed by atoms with van der Waals surface area (Å²) in [5, 5.41) is 4.42. The maximum atomic E-state index is 5.90. The Morgan fingerprint density at radius 1 is 1.18 bits per heavy atom. The third-order valence-electron chi connectivity index (χ3n) is 2.95. The summed E-state index contributed by atoms with van der Waals surface area (Å²) in [7, 11) is 0. The molecule has 17 heavy (non-hydrogen) atoms. The van der Waals surface area contributed by atoms with Gasteiger partial charge < -0.3 is 5.32 Å². The quantitative estimate of drug-likeness (QED) is 0.794. The number of hydrogen-bond acceptors (Lipinski definition) is 1. The lowest BCUT2D eigenvalue weighted by atomic mass is 9.92. The largest absolute Gasteiger partial charge is 0.310 e. The van der Waals surface area contributed by atoms with E-state index in [2.05, 4.69) is 45.1 Å². The van der Waals surface area contributed by atoms with E-state index in [0.717, 1.165) is 18.0 Å². The van der Waals surface area contributed by atoms with Crippen LogP contribution in [0, 0.1) is 5.41 Å². The second-order valence-corrected chi connectivity index (χ2v) is 6.21. The van der Waals surface area contributed by atoms with Gasteiger partial charge in [0.05, 0.1) is 0 Å². The second kappa shape index (κ2) is 6.42. The third kappa shape index (κ3) is 5.56. The molecule has 2 heteroatoms. The predicted octanol–water partition coefficient (Wildman–Crippen LogP) is 4.82. The summed E-state index contributed by atoms with van der Waals surface area (Å²) < 4.78 is 0. The van der Waals surface area contributed by atoms with E-state index in [0.29, 0.717) is 11.5 Å². The minimum absolute atomic E-state index is 0.394. The first-order valence-electron chi connectivity index (χ1n) is 6.41. The molecule has 1 aromatic rings. The highest BCUT2D eigenvalue weighted by atomic mass is 35.5. The Hall–Kier alpha value is -0.530.